The van der Waals surface area contributed by atoms with E-state index in [1.807, 2.05) is 13.8 Å². The Kier molecular flexibility index (Phi) is 4.47. The van der Waals surface area contributed by atoms with Crippen molar-refractivity contribution in [1.29, 1.82) is 0 Å². The van der Waals surface area contributed by atoms with Crippen molar-refractivity contribution in [2.24, 2.45) is 0 Å². The summed E-state index contributed by atoms with van der Waals surface area (Å²) in [5.41, 5.74) is -0.253. The maximum Gasteiger partial charge on any atom is 0.131 e. The second kappa shape index (κ2) is 5.25. The van der Waals surface area contributed by atoms with Crippen molar-refractivity contribution < 1.29 is 14.6 Å². The van der Waals surface area contributed by atoms with Gasteiger partial charge in [-0.05, 0) is 27.7 Å². The van der Waals surface area contributed by atoms with Gasteiger partial charge in [-0.15, -0.1) is 0 Å². The van der Waals surface area contributed by atoms with Gasteiger partial charge in [-0.2, -0.15) is 0 Å². The highest BCUT2D eigenvalue weighted by molar-refractivity contribution is 5.76. The van der Waals surface area contributed by atoms with Gasteiger partial charge in [0.1, 0.15) is 5.78 Å². The van der Waals surface area contributed by atoms with E-state index in [1.54, 1.807) is 6.92 Å². The van der Waals surface area contributed by atoms with Crippen LogP contribution in [-0.2, 0) is 9.53 Å². The lowest BCUT2D eigenvalue weighted by Crippen LogP contribution is -2.56. The number of aliphatic hydroxyl groups is 1. The van der Waals surface area contributed by atoms with Crippen LogP contribution in [0.25, 0.3) is 0 Å². The Balaban J connectivity index is 2.62. The molecule has 1 aliphatic heterocycles. The molecule has 1 saturated heterocycles. The standard InChI is InChI=1S/C12H23NO3/c1-9(5-10(2)15)13-6-11(7-14)16-12(3,4)8-13/h9,11,14H,5-8H2,1-4H3. The zero-order valence-corrected chi connectivity index (χ0v) is 10.7. The van der Waals surface area contributed by atoms with Crippen molar-refractivity contribution in [3.05, 3.63) is 0 Å². The molecule has 1 rings (SSSR count). The predicted molar refractivity (Wildman–Crippen MR) is 62.4 cm³/mol. The number of ether oxygens (including phenoxy) is 1. The molecule has 1 N–H and O–H groups in total. The monoisotopic (exact) mass is 229 g/mol. The Morgan fingerprint density at radius 1 is 1.62 bits per heavy atom. The molecule has 0 aliphatic carbocycles. The molecule has 4 nitrogen and oxygen atoms in total. The van der Waals surface area contributed by atoms with Gasteiger partial charge in [0.05, 0.1) is 18.3 Å². The first kappa shape index (κ1) is 13.6. The predicted octanol–water partition coefficient (Wildman–Crippen LogP) is 0.826. The number of Topliss-reactive ketones (excluding diaryl/α,β-unsaturated/α-hetero) is 1. The second-order valence-corrected chi connectivity index (χ2v) is 5.37. The topological polar surface area (TPSA) is 49.8 Å². The summed E-state index contributed by atoms with van der Waals surface area (Å²) in [6.07, 6.45) is 0.423. The van der Waals surface area contributed by atoms with E-state index in [9.17, 15) is 9.90 Å². The smallest absolute Gasteiger partial charge is 0.131 e. The fraction of sp³-hybridized carbons (Fsp3) is 0.917. The van der Waals surface area contributed by atoms with E-state index in [2.05, 4.69) is 11.8 Å². The Bertz CT molecular complexity index is 253. The van der Waals surface area contributed by atoms with E-state index in [4.69, 9.17) is 4.74 Å². The molecular weight excluding hydrogens is 206 g/mol. The minimum atomic E-state index is -0.253. The van der Waals surface area contributed by atoms with Crippen LogP contribution in [0.3, 0.4) is 0 Å². The largest absolute Gasteiger partial charge is 0.394 e. The van der Waals surface area contributed by atoms with Crippen LogP contribution in [0.4, 0.5) is 0 Å². The number of nitrogens with zero attached hydrogens (tertiary/aromatic N) is 1. The quantitative estimate of drug-likeness (QED) is 0.775. The highest BCUT2D eigenvalue weighted by atomic mass is 16.5. The summed E-state index contributed by atoms with van der Waals surface area (Å²) in [6, 6.07) is 0.217. The van der Waals surface area contributed by atoms with Gasteiger partial charge in [0.25, 0.3) is 0 Å². The first-order valence-electron chi connectivity index (χ1n) is 5.86. The van der Waals surface area contributed by atoms with Crippen molar-refractivity contribution in [2.75, 3.05) is 19.7 Å². The first-order valence-corrected chi connectivity index (χ1v) is 5.86. The number of hydrogen-bond donors (Lipinski definition) is 1. The number of morpholine rings is 1. The highest BCUT2D eigenvalue weighted by Crippen LogP contribution is 2.23. The number of rotatable bonds is 4. The van der Waals surface area contributed by atoms with Crippen LogP contribution >= 0.6 is 0 Å². The molecule has 0 aromatic heterocycles. The third-order valence-electron chi connectivity index (χ3n) is 2.92. The van der Waals surface area contributed by atoms with Gasteiger partial charge in [0.15, 0.2) is 0 Å². The highest BCUT2D eigenvalue weighted by Gasteiger charge is 2.35. The van der Waals surface area contributed by atoms with Gasteiger partial charge in [-0.1, -0.05) is 0 Å². The molecular formula is C12H23NO3. The van der Waals surface area contributed by atoms with Crippen molar-refractivity contribution in [1.82, 2.24) is 4.90 Å². The summed E-state index contributed by atoms with van der Waals surface area (Å²) in [5, 5.41) is 9.19. The molecule has 0 bridgehead atoms. The summed E-state index contributed by atoms with van der Waals surface area (Å²) in [4.78, 5) is 13.3. The minimum Gasteiger partial charge on any atom is -0.394 e. The van der Waals surface area contributed by atoms with E-state index in [0.29, 0.717) is 13.0 Å². The summed E-state index contributed by atoms with van der Waals surface area (Å²) in [7, 11) is 0. The third kappa shape index (κ3) is 3.85. The first-order chi connectivity index (χ1) is 7.34. The van der Waals surface area contributed by atoms with Crippen LogP contribution in [0.15, 0.2) is 0 Å². The van der Waals surface area contributed by atoms with E-state index in [0.717, 1.165) is 6.54 Å². The molecule has 0 radical (unpaired) electrons. The lowest BCUT2D eigenvalue weighted by Gasteiger charge is -2.44. The van der Waals surface area contributed by atoms with Gasteiger partial charge < -0.3 is 9.84 Å². The van der Waals surface area contributed by atoms with Crippen molar-refractivity contribution in [2.45, 2.75) is 51.9 Å². The third-order valence-corrected chi connectivity index (χ3v) is 2.92. The molecule has 0 aromatic rings. The fourth-order valence-corrected chi connectivity index (χ4v) is 2.32. The molecule has 0 aromatic carbocycles. The van der Waals surface area contributed by atoms with Crippen molar-refractivity contribution >= 4 is 5.78 Å². The van der Waals surface area contributed by atoms with Crippen LogP contribution in [0.2, 0.25) is 0 Å². The van der Waals surface area contributed by atoms with Gasteiger partial charge in [0, 0.05) is 25.6 Å². The SMILES string of the molecule is CC(=O)CC(C)N1CC(CO)OC(C)(C)C1. The Morgan fingerprint density at radius 2 is 2.25 bits per heavy atom. The van der Waals surface area contributed by atoms with E-state index in [1.165, 1.54) is 0 Å². The van der Waals surface area contributed by atoms with E-state index < -0.39 is 0 Å². The normalized spacial score (nSPS) is 27.7. The van der Waals surface area contributed by atoms with Crippen molar-refractivity contribution in [3.8, 4) is 0 Å². The summed E-state index contributed by atoms with van der Waals surface area (Å²) >= 11 is 0. The zero-order valence-electron chi connectivity index (χ0n) is 10.7. The minimum absolute atomic E-state index is 0.0344. The molecule has 2 unspecified atom stereocenters. The maximum atomic E-state index is 11.1. The van der Waals surface area contributed by atoms with E-state index >= 15 is 0 Å². The van der Waals surface area contributed by atoms with Crippen LogP contribution in [0.5, 0.6) is 0 Å². The molecule has 2 atom stereocenters. The molecule has 1 aliphatic rings. The van der Waals surface area contributed by atoms with Crippen LogP contribution < -0.4 is 0 Å². The summed E-state index contributed by atoms with van der Waals surface area (Å²) in [6.45, 7) is 9.24. The number of carbonyl (C=O) groups is 1. The van der Waals surface area contributed by atoms with Gasteiger partial charge >= 0.3 is 0 Å². The van der Waals surface area contributed by atoms with Crippen LogP contribution in [-0.4, -0.2) is 53.2 Å². The van der Waals surface area contributed by atoms with E-state index in [-0.39, 0.29) is 30.1 Å². The van der Waals surface area contributed by atoms with Gasteiger partial charge in [0.2, 0.25) is 0 Å². The lowest BCUT2D eigenvalue weighted by atomic mass is 10.0. The average Bonchev–Trinajstić information content (AvgIpc) is 2.14. The number of carbonyl (C=O) groups excluding carboxylic acids is 1. The molecule has 4 heteroatoms. The number of ketones is 1. The molecule has 94 valence electrons. The average molecular weight is 229 g/mol. The molecule has 1 fully saturated rings. The van der Waals surface area contributed by atoms with Crippen LogP contribution in [0.1, 0.15) is 34.1 Å². The molecule has 0 spiro atoms. The molecule has 1 heterocycles. The maximum absolute atomic E-state index is 11.1. The molecule has 16 heavy (non-hydrogen) atoms. The lowest BCUT2D eigenvalue weighted by molar-refractivity contribution is -0.157. The molecule has 0 amide bonds. The van der Waals surface area contributed by atoms with Crippen LogP contribution in [0, 0.1) is 0 Å². The van der Waals surface area contributed by atoms with Gasteiger partial charge in [-0.25, -0.2) is 0 Å². The number of aliphatic hydroxyl groups excluding tert-OH is 1. The molecule has 0 saturated carbocycles. The van der Waals surface area contributed by atoms with Crippen molar-refractivity contribution in [3.63, 3.8) is 0 Å². The zero-order chi connectivity index (χ0) is 12.3. The van der Waals surface area contributed by atoms with Gasteiger partial charge in [-0.3, -0.25) is 9.69 Å². The fourth-order valence-electron chi connectivity index (χ4n) is 2.32. The Labute approximate surface area is 97.6 Å². The Hall–Kier alpha value is -0.450. The Morgan fingerprint density at radius 3 is 2.75 bits per heavy atom. The summed E-state index contributed by atoms with van der Waals surface area (Å²) < 4.78 is 5.73. The second-order valence-electron chi connectivity index (χ2n) is 5.37. The summed E-state index contributed by atoms with van der Waals surface area (Å²) in [5.74, 6) is 0.206. The number of hydrogen-bond acceptors (Lipinski definition) is 4.